The van der Waals surface area contributed by atoms with Gasteiger partial charge >= 0.3 is 0 Å². The molecule has 17 heavy (non-hydrogen) atoms. The Bertz CT molecular complexity index is 535. The van der Waals surface area contributed by atoms with E-state index in [1.54, 1.807) is 24.3 Å². The van der Waals surface area contributed by atoms with E-state index in [4.69, 9.17) is 27.9 Å². The Kier molecular flexibility index (Phi) is 3.55. The maximum atomic E-state index is 13.2. The van der Waals surface area contributed by atoms with Gasteiger partial charge in [-0.3, -0.25) is 0 Å². The highest BCUT2D eigenvalue weighted by Gasteiger charge is 2.08. The zero-order valence-electron chi connectivity index (χ0n) is 9.01. The first-order chi connectivity index (χ1) is 8.10. The van der Waals surface area contributed by atoms with E-state index in [1.165, 1.54) is 19.2 Å². The summed E-state index contributed by atoms with van der Waals surface area (Å²) in [6.07, 6.45) is 0. The van der Waals surface area contributed by atoms with Crippen molar-refractivity contribution >= 4 is 23.2 Å². The SMILES string of the molecule is COc1ccc(F)cc1-c1cc(Cl)cc(Cl)c1. The Balaban J connectivity index is 2.62. The quantitative estimate of drug-likeness (QED) is 0.761. The summed E-state index contributed by atoms with van der Waals surface area (Å²) in [5.41, 5.74) is 1.34. The summed E-state index contributed by atoms with van der Waals surface area (Å²) in [5.74, 6) is 0.238. The molecule has 0 saturated carbocycles. The zero-order chi connectivity index (χ0) is 12.4. The maximum absolute atomic E-state index is 13.2. The Hall–Kier alpha value is -1.25. The van der Waals surface area contributed by atoms with Crippen LogP contribution < -0.4 is 4.74 Å². The lowest BCUT2D eigenvalue weighted by Gasteiger charge is -2.09. The molecule has 0 saturated heterocycles. The van der Waals surface area contributed by atoms with Crippen LogP contribution in [-0.4, -0.2) is 7.11 Å². The minimum atomic E-state index is -0.336. The van der Waals surface area contributed by atoms with Crippen molar-refractivity contribution in [1.82, 2.24) is 0 Å². The minimum absolute atomic E-state index is 0.336. The molecule has 4 heteroatoms. The molecule has 0 N–H and O–H groups in total. The lowest BCUT2D eigenvalue weighted by Crippen LogP contribution is -1.89. The normalized spacial score (nSPS) is 10.4. The van der Waals surface area contributed by atoms with Crippen LogP contribution in [0.25, 0.3) is 11.1 Å². The Labute approximate surface area is 109 Å². The molecule has 0 unspecified atom stereocenters. The Morgan fingerprint density at radius 3 is 2.24 bits per heavy atom. The summed E-state index contributed by atoms with van der Waals surface area (Å²) in [4.78, 5) is 0. The molecule has 0 atom stereocenters. The standard InChI is InChI=1S/C13H9Cl2FO/c1-17-13-3-2-11(16)7-12(13)8-4-9(14)6-10(15)5-8/h2-7H,1H3. The Morgan fingerprint density at radius 2 is 1.65 bits per heavy atom. The van der Waals surface area contributed by atoms with Crippen LogP contribution in [0.3, 0.4) is 0 Å². The topological polar surface area (TPSA) is 9.23 Å². The molecule has 0 amide bonds. The van der Waals surface area contributed by atoms with Gasteiger partial charge in [-0.15, -0.1) is 0 Å². The second-order valence-corrected chi connectivity index (χ2v) is 4.38. The number of hydrogen-bond donors (Lipinski definition) is 0. The Morgan fingerprint density at radius 1 is 1.00 bits per heavy atom. The van der Waals surface area contributed by atoms with Gasteiger partial charge < -0.3 is 4.74 Å². The van der Waals surface area contributed by atoms with Crippen molar-refractivity contribution in [2.75, 3.05) is 7.11 Å². The van der Waals surface area contributed by atoms with Crippen LogP contribution in [-0.2, 0) is 0 Å². The third-order valence-corrected chi connectivity index (χ3v) is 2.77. The minimum Gasteiger partial charge on any atom is -0.496 e. The monoisotopic (exact) mass is 270 g/mol. The molecule has 1 nitrogen and oxygen atoms in total. The van der Waals surface area contributed by atoms with Crippen molar-refractivity contribution in [1.29, 1.82) is 0 Å². The van der Waals surface area contributed by atoms with E-state index >= 15 is 0 Å². The van der Waals surface area contributed by atoms with E-state index < -0.39 is 0 Å². The van der Waals surface area contributed by atoms with E-state index in [0.29, 0.717) is 21.4 Å². The molecule has 0 radical (unpaired) electrons. The number of methoxy groups -OCH3 is 1. The highest BCUT2D eigenvalue weighted by atomic mass is 35.5. The highest BCUT2D eigenvalue weighted by molar-refractivity contribution is 6.35. The average molecular weight is 271 g/mol. The third kappa shape index (κ3) is 2.71. The highest BCUT2D eigenvalue weighted by Crippen LogP contribution is 2.33. The summed E-state index contributed by atoms with van der Waals surface area (Å²) in [6, 6.07) is 9.35. The number of benzene rings is 2. The molecule has 88 valence electrons. The van der Waals surface area contributed by atoms with Gasteiger partial charge in [0.1, 0.15) is 11.6 Å². The lowest BCUT2D eigenvalue weighted by atomic mass is 10.0. The fraction of sp³-hybridized carbons (Fsp3) is 0.0769. The van der Waals surface area contributed by atoms with Gasteiger partial charge in [0.25, 0.3) is 0 Å². The van der Waals surface area contributed by atoms with Gasteiger partial charge in [0.2, 0.25) is 0 Å². The molecule has 0 spiro atoms. The zero-order valence-corrected chi connectivity index (χ0v) is 10.5. The molecule has 0 bridgehead atoms. The summed E-state index contributed by atoms with van der Waals surface area (Å²) >= 11 is 11.8. The van der Waals surface area contributed by atoms with Crippen molar-refractivity contribution in [3.63, 3.8) is 0 Å². The van der Waals surface area contributed by atoms with E-state index in [2.05, 4.69) is 0 Å². The van der Waals surface area contributed by atoms with Gasteiger partial charge in [-0.25, -0.2) is 4.39 Å². The van der Waals surface area contributed by atoms with E-state index in [9.17, 15) is 4.39 Å². The van der Waals surface area contributed by atoms with Crippen LogP contribution >= 0.6 is 23.2 Å². The van der Waals surface area contributed by atoms with Crippen LogP contribution in [0.2, 0.25) is 10.0 Å². The van der Waals surface area contributed by atoms with Gasteiger partial charge in [-0.1, -0.05) is 23.2 Å². The fourth-order valence-corrected chi connectivity index (χ4v) is 2.14. The van der Waals surface area contributed by atoms with Gasteiger partial charge in [-0.2, -0.15) is 0 Å². The van der Waals surface area contributed by atoms with Gasteiger partial charge in [0, 0.05) is 15.6 Å². The van der Waals surface area contributed by atoms with E-state index in [-0.39, 0.29) is 5.82 Å². The molecule has 2 rings (SSSR count). The first-order valence-corrected chi connectivity index (χ1v) is 5.66. The predicted molar refractivity (Wildman–Crippen MR) is 68.4 cm³/mol. The lowest BCUT2D eigenvalue weighted by molar-refractivity contribution is 0.415. The van der Waals surface area contributed by atoms with Crippen LogP contribution in [0.15, 0.2) is 36.4 Å². The molecule has 0 aliphatic heterocycles. The van der Waals surface area contributed by atoms with Crippen LogP contribution in [0.5, 0.6) is 5.75 Å². The molecular formula is C13H9Cl2FO. The smallest absolute Gasteiger partial charge is 0.126 e. The molecule has 0 aliphatic carbocycles. The maximum Gasteiger partial charge on any atom is 0.126 e. The summed E-state index contributed by atoms with van der Waals surface area (Å²) in [6.45, 7) is 0. The first kappa shape index (κ1) is 12.2. The molecule has 0 aliphatic rings. The van der Waals surface area contributed by atoms with Crippen LogP contribution in [0, 0.1) is 5.82 Å². The summed E-state index contributed by atoms with van der Waals surface area (Å²) < 4.78 is 18.4. The predicted octanol–water partition coefficient (Wildman–Crippen LogP) is 4.81. The van der Waals surface area contributed by atoms with Crippen molar-refractivity contribution in [2.45, 2.75) is 0 Å². The molecule has 0 heterocycles. The number of halogens is 3. The second kappa shape index (κ2) is 4.94. The van der Waals surface area contributed by atoms with Gasteiger partial charge in [-0.05, 0) is 42.0 Å². The number of ether oxygens (including phenoxy) is 1. The van der Waals surface area contributed by atoms with Gasteiger partial charge in [0.15, 0.2) is 0 Å². The second-order valence-electron chi connectivity index (χ2n) is 3.50. The van der Waals surface area contributed by atoms with Crippen LogP contribution in [0.4, 0.5) is 4.39 Å². The summed E-state index contributed by atoms with van der Waals surface area (Å²) in [5, 5.41) is 0.998. The molecule has 2 aromatic carbocycles. The average Bonchev–Trinajstić information content (AvgIpc) is 2.27. The van der Waals surface area contributed by atoms with E-state index in [1.807, 2.05) is 0 Å². The van der Waals surface area contributed by atoms with Crippen LogP contribution in [0.1, 0.15) is 0 Å². The van der Waals surface area contributed by atoms with Crippen molar-refractivity contribution in [2.24, 2.45) is 0 Å². The number of rotatable bonds is 2. The first-order valence-electron chi connectivity index (χ1n) is 4.90. The van der Waals surface area contributed by atoms with Gasteiger partial charge in [0.05, 0.1) is 7.11 Å². The molecular weight excluding hydrogens is 262 g/mol. The van der Waals surface area contributed by atoms with Crippen molar-refractivity contribution in [3.8, 4) is 16.9 Å². The fourth-order valence-electron chi connectivity index (χ4n) is 1.62. The largest absolute Gasteiger partial charge is 0.496 e. The molecule has 0 aromatic heterocycles. The van der Waals surface area contributed by atoms with Crippen molar-refractivity contribution in [3.05, 3.63) is 52.3 Å². The number of hydrogen-bond acceptors (Lipinski definition) is 1. The molecule has 0 fully saturated rings. The molecule has 2 aromatic rings. The van der Waals surface area contributed by atoms with Crippen molar-refractivity contribution < 1.29 is 9.13 Å². The van der Waals surface area contributed by atoms with E-state index in [0.717, 1.165) is 5.56 Å². The third-order valence-electron chi connectivity index (χ3n) is 2.34. The summed E-state index contributed by atoms with van der Waals surface area (Å²) in [7, 11) is 1.53.